The number of rotatable bonds is 7. The van der Waals surface area contributed by atoms with Crippen molar-refractivity contribution < 1.29 is 14.4 Å². The number of aliphatic imine (C=N–C) groups is 1. The lowest BCUT2D eigenvalue weighted by Crippen LogP contribution is -2.16. The van der Waals surface area contributed by atoms with Gasteiger partial charge in [0.05, 0.1) is 12.0 Å². The predicted octanol–water partition coefficient (Wildman–Crippen LogP) is 4.22. The van der Waals surface area contributed by atoms with E-state index in [4.69, 9.17) is 15.2 Å². The van der Waals surface area contributed by atoms with Crippen LogP contribution in [0.2, 0.25) is 0 Å². The van der Waals surface area contributed by atoms with Gasteiger partial charge in [0.15, 0.2) is 0 Å². The molecule has 0 aliphatic heterocycles. The summed E-state index contributed by atoms with van der Waals surface area (Å²) in [6.07, 6.45) is 0. The molecule has 148 valence electrons. The lowest BCUT2D eigenvalue weighted by molar-refractivity contribution is -0.384. The molecule has 3 aromatic carbocycles. The predicted molar refractivity (Wildman–Crippen MR) is 111 cm³/mol. The van der Waals surface area contributed by atoms with Gasteiger partial charge in [0.1, 0.15) is 18.4 Å². The number of nitro benzene ring substituents is 1. The Labute approximate surface area is 168 Å². The number of nitrogens with zero attached hydrogens (tertiary/aromatic N) is 2. The molecule has 0 bridgehead atoms. The Morgan fingerprint density at radius 1 is 1.03 bits per heavy atom. The molecule has 0 saturated heterocycles. The SMILES string of the molecule is COC(N)=NC(c1ccc(OCc2ccccc2)cc1)c1cccc([N+](=O)[O-])c1. The molecule has 0 spiro atoms. The molecule has 0 amide bonds. The number of benzene rings is 3. The van der Waals surface area contributed by atoms with Crippen LogP contribution in [0.3, 0.4) is 0 Å². The maximum absolute atomic E-state index is 11.1. The molecule has 0 saturated carbocycles. The van der Waals surface area contributed by atoms with Gasteiger partial charge in [-0.05, 0) is 28.8 Å². The van der Waals surface area contributed by atoms with Crippen LogP contribution >= 0.6 is 0 Å². The van der Waals surface area contributed by atoms with Gasteiger partial charge < -0.3 is 15.2 Å². The lowest BCUT2D eigenvalue weighted by atomic mass is 9.98. The maximum atomic E-state index is 11.1. The number of hydrogen-bond donors (Lipinski definition) is 1. The molecule has 0 fully saturated rings. The minimum absolute atomic E-state index is 0.00842. The Morgan fingerprint density at radius 2 is 1.76 bits per heavy atom. The first-order chi connectivity index (χ1) is 14.1. The molecule has 1 atom stereocenters. The van der Waals surface area contributed by atoms with E-state index in [1.54, 1.807) is 12.1 Å². The molecule has 0 radical (unpaired) electrons. The lowest BCUT2D eigenvalue weighted by Gasteiger charge is -2.15. The number of non-ortho nitro benzene ring substituents is 1. The second-order valence-corrected chi connectivity index (χ2v) is 6.27. The van der Waals surface area contributed by atoms with Gasteiger partial charge in [-0.25, -0.2) is 4.99 Å². The molecule has 0 aliphatic rings. The number of amidine groups is 1. The number of hydrogen-bond acceptors (Lipinski definition) is 5. The highest BCUT2D eigenvalue weighted by Crippen LogP contribution is 2.30. The summed E-state index contributed by atoms with van der Waals surface area (Å²) in [5.74, 6) is 0.707. The summed E-state index contributed by atoms with van der Waals surface area (Å²) in [5.41, 5.74) is 8.26. The summed E-state index contributed by atoms with van der Waals surface area (Å²) in [6.45, 7) is 0.462. The first-order valence-electron chi connectivity index (χ1n) is 8.95. The molecule has 7 nitrogen and oxygen atoms in total. The summed E-state index contributed by atoms with van der Waals surface area (Å²) in [7, 11) is 1.42. The molecule has 7 heteroatoms. The highest BCUT2D eigenvalue weighted by molar-refractivity contribution is 5.72. The van der Waals surface area contributed by atoms with Crippen molar-refractivity contribution in [3.63, 3.8) is 0 Å². The van der Waals surface area contributed by atoms with Crippen molar-refractivity contribution in [1.29, 1.82) is 0 Å². The number of nitrogens with two attached hydrogens (primary N) is 1. The van der Waals surface area contributed by atoms with Crippen molar-refractivity contribution in [3.8, 4) is 5.75 Å². The monoisotopic (exact) mass is 391 g/mol. The normalized spacial score (nSPS) is 12.2. The van der Waals surface area contributed by atoms with Crippen molar-refractivity contribution in [2.75, 3.05) is 7.11 Å². The van der Waals surface area contributed by atoms with Gasteiger partial charge in [0, 0.05) is 12.1 Å². The minimum atomic E-state index is -0.543. The van der Waals surface area contributed by atoms with E-state index in [1.807, 2.05) is 54.6 Å². The van der Waals surface area contributed by atoms with Crippen molar-refractivity contribution >= 4 is 11.7 Å². The van der Waals surface area contributed by atoms with E-state index in [2.05, 4.69) is 4.99 Å². The largest absolute Gasteiger partial charge is 0.489 e. The van der Waals surface area contributed by atoms with Crippen molar-refractivity contribution in [2.45, 2.75) is 12.6 Å². The van der Waals surface area contributed by atoms with E-state index < -0.39 is 11.0 Å². The molecule has 29 heavy (non-hydrogen) atoms. The first kappa shape index (κ1) is 19.9. The van der Waals surface area contributed by atoms with Crippen molar-refractivity contribution in [3.05, 3.63) is 106 Å². The zero-order valence-corrected chi connectivity index (χ0v) is 15.9. The third kappa shape index (κ3) is 5.32. The highest BCUT2D eigenvalue weighted by atomic mass is 16.6. The van der Waals surface area contributed by atoms with Crippen LogP contribution in [-0.2, 0) is 11.3 Å². The second kappa shape index (κ2) is 9.36. The van der Waals surface area contributed by atoms with Gasteiger partial charge in [-0.3, -0.25) is 10.1 Å². The average Bonchev–Trinajstić information content (AvgIpc) is 2.77. The summed E-state index contributed by atoms with van der Waals surface area (Å²) in [6, 6.07) is 23.0. The van der Waals surface area contributed by atoms with Gasteiger partial charge in [-0.15, -0.1) is 0 Å². The van der Waals surface area contributed by atoms with Gasteiger partial charge >= 0.3 is 0 Å². The zero-order valence-electron chi connectivity index (χ0n) is 15.9. The van der Waals surface area contributed by atoms with E-state index in [9.17, 15) is 10.1 Å². The van der Waals surface area contributed by atoms with Crippen LogP contribution in [0.4, 0.5) is 5.69 Å². The van der Waals surface area contributed by atoms with Gasteiger partial charge in [-0.2, -0.15) is 0 Å². The van der Waals surface area contributed by atoms with E-state index >= 15 is 0 Å². The van der Waals surface area contributed by atoms with E-state index in [0.717, 1.165) is 11.1 Å². The Hall–Kier alpha value is -3.87. The van der Waals surface area contributed by atoms with Crippen LogP contribution in [0.25, 0.3) is 0 Å². The Morgan fingerprint density at radius 3 is 2.41 bits per heavy atom. The summed E-state index contributed by atoms with van der Waals surface area (Å²) in [4.78, 5) is 15.1. The minimum Gasteiger partial charge on any atom is -0.489 e. The number of ether oxygens (including phenoxy) is 2. The Bertz CT molecular complexity index is 988. The molecule has 0 heterocycles. The van der Waals surface area contributed by atoms with Gasteiger partial charge in [0.25, 0.3) is 11.7 Å². The first-order valence-corrected chi connectivity index (χ1v) is 8.95. The summed E-state index contributed by atoms with van der Waals surface area (Å²) < 4.78 is 10.8. The zero-order chi connectivity index (χ0) is 20.6. The molecule has 1 unspecified atom stereocenters. The van der Waals surface area contributed by atoms with Crippen molar-refractivity contribution in [2.24, 2.45) is 10.7 Å². The fraction of sp³-hybridized carbons (Fsp3) is 0.136. The van der Waals surface area contributed by atoms with E-state index in [-0.39, 0.29) is 11.7 Å². The van der Waals surface area contributed by atoms with Crippen molar-refractivity contribution in [1.82, 2.24) is 0 Å². The number of methoxy groups -OCH3 is 1. The van der Waals surface area contributed by atoms with Crippen LogP contribution in [0.15, 0.2) is 83.9 Å². The molecule has 0 aromatic heterocycles. The third-order valence-electron chi connectivity index (χ3n) is 4.31. The Kier molecular flexibility index (Phi) is 6.42. The van der Waals surface area contributed by atoms with Gasteiger partial charge in [0.2, 0.25) is 0 Å². The topological polar surface area (TPSA) is 100.0 Å². The van der Waals surface area contributed by atoms with Crippen LogP contribution in [-0.4, -0.2) is 18.1 Å². The maximum Gasteiger partial charge on any atom is 0.282 e. The summed E-state index contributed by atoms with van der Waals surface area (Å²) in [5, 5.41) is 11.1. The molecule has 0 aliphatic carbocycles. The fourth-order valence-electron chi connectivity index (χ4n) is 2.82. The molecule has 3 rings (SSSR count). The third-order valence-corrected chi connectivity index (χ3v) is 4.31. The number of nitro groups is 1. The van der Waals surface area contributed by atoms with Crippen LogP contribution in [0, 0.1) is 10.1 Å². The van der Waals surface area contributed by atoms with E-state index in [1.165, 1.54) is 19.2 Å². The molecule has 3 aromatic rings. The van der Waals surface area contributed by atoms with Gasteiger partial charge in [-0.1, -0.05) is 54.6 Å². The van der Waals surface area contributed by atoms with Crippen LogP contribution < -0.4 is 10.5 Å². The van der Waals surface area contributed by atoms with Crippen LogP contribution in [0.1, 0.15) is 22.7 Å². The quantitative estimate of drug-likeness (QED) is 0.281. The average molecular weight is 391 g/mol. The fourth-order valence-corrected chi connectivity index (χ4v) is 2.82. The summed E-state index contributed by atoms with van der Waals surface area (Å²) >= 11 is 0. The molecular weight excluding hydrogens is 370 g/mol. The highest BCUT2D eigenvalue weighted by Gasteiger charge is 2.17. The van der Waals surface area contributed by atoms with E-state index in [0.29, 0.717) is 17.9 Å². The second-order valence-electron chi connectivity index (χ2n) is 6.27. The smallest absolute Gasteiger partial charge is 0.282 e. The van der Waals surface area contributed by atoms with Crippen LogP contribution in [0.5, 0.6) is 5.75 Å². The Balaban J connectivity index is 1.84. The molecule has 2 N–H and O–H groups in total. The standard InChI is InChI=1S/C22H21N3O4/c1-28-22(23)24-21(18-8-5-9-19(14-18)25(26)27)17-10-12-20(13-11-17)29-15-16-6-3-2-4-7-16/h2-14,21H,15H2,1H3,(H2,23,24). The molecular formula is C22H21N3O4.